The zero-order chi connectivity index (χ0) is 13.4. The fourth-order valence-electron chi connectivity index (χ4n) is 4.67. The number of hydrogen-bond acceptors (Lipinski definition) is 3. The highest BCUT2D eigenvalue weighted by atomic mass is 15.3. The van der Waals surface area contributed by atoms with Crippen molar-refractivity contribution in [2.45, 2.75) is 82.6 Å². The second-order valence-electron chi connectivity index (χ2n) is 7.10. The van der Waals surface area contributed by atoms with Crippen LogP contribution in [0.5, 0.6) is 0 Å². The van der Waals surface area contributed by atoms with Crippen LogP contribution < -0.4 is 5.32 Å². The Morgan fingerprint density at radius 2 is 1.79 bits per heavy atom. The molecule has 3 heteroatoms. The summed E-state index contributed by atoms with van der Waals surface area (Å²) in [4.78, 5) is 5.55. The van der Waals surface area contributed by atoms with Crippen molar-refractivity contribution in [3.05, 3.63) is 0 Å². The SMILES string of the molecule is CCC1CNC(C)CN1C1CC2CCCC(C1)N2C. The van der Waals surface area contributed by atoms with E-state index in [1.54, 1.807) is 0 Å². The number of piperidine rings is 2. The molecular formula is C16H31N3. The van der Waals surface area contributed by atoms with E-state index in [1.807, 2.05) is 0 Å². The third kappa shape index (κ3) is 2.70. The van der Waals surface area contributed by atoms with Crippen molar-refractivity contribution in [3.63, 3.8) is 0 Å². The Labute approximate surface area is 118 Å². The number of fused-ring (bicyclic) bond motifs is 2. The molecule has 3 nitrogen and oxygen atoms in total. The Balaban J connectivity index is 1.70. The van der Waals surface area contributed by atoms with Gasteiger partial charge in [0.2, 0.25) is 0 Å². The van der Waals surface area contributed by atoms with Gasteiger partial charge >= 0.3 is 0 Å². The van der Waals surface area contributed by atoms with Gasteiger partial charge in [0.1, 0.15) is 0 Å². The minimum atomic E-state index is 0.669. The minimum Gasteiger partial charge on any atom is -0.311 e. The number of hydrogen-bond donors (Lipinski definition) is 1. The molecule has 2 bridgehead atoms. The molecule has 110 valence electrons. The predicted molar refractivity (Wildman–Crippen MR) is 80.5 cm³/mol. The van der Waals surface area contributed by atoms with Crippen molar-refractivity contribution >= 4 is 0 Å². The van der Waals surface area contributed by atoms with Crippen molar-refractivity contribution in [1.82, 2.24) is 15.1 Å². The van der Waals surface area contributed by atoms with Crippen LogP contribution in [0.4, 0.5) is 0 Å². The Morgan fingerprint density at radius 3 is 2.42 bits per heavy atom. The second-order valence-corrected chi connectivity index (χ2v) is 7.10. The molecule has 3 aliphatic rings. The highest BCUT2D eigenvalue weighted by Crippen LogP contribution is 2.36. The maximum absolute atomic E-state index is 3.66. The predicted octanol–water partition coefficient (Wildman–Crippen LogP) is 2.07. The molecule has 3 rings (SSSR count). The third-order valence-electron chi connectivity index (χ3n) is 5.91. The number of nitrogens with zero attached hydrogens (tertiary/aromatic N) is 2. The summed E-state index contributed by atoms with van der Waals surface area (Å²) in [6.07, 6.45) is 8.44. The van der Waals surface area contributed by atoms with Crippen LogP contribution in [0.2, 0.25) is 0 Å². The van der Waals surface area contributed by atoms with E-state index < -0.39 is 0 Å². The van der Waals surface area contributed by atoms with Gasteiger partial charge < -0.3 is 10.2 Å². The Hall–Kier alpha value is -0.120. The van der Waals surface area contributed by atoms with Crippen LogP contribution in [0.25, 0.3) is 0 Å². The van der Waals surface area contributed by atoms with Gasteiger partial charge in [-0.1, -0.05) is 13.3 Å². The van der Waals surface area contributed by atoms with Gasteiger partial charge in [0, 0.05) is 43.3 Å². The van der Waals surface area contributed by atoms with Crippen LogP contribution in [-0.4, -0.2) is 60.1 Å². The lowest BCUT2D eigenvalue weighted by Crippen LogP contribution is -2.63. The lowest BCUT2D eigenvalue weighted by molar-refractivity contribution is -0.0180. The minimum absolute atomic E-state index is 0.669. The molecule has 3 aliphatic heterocycles. The van der Waals surface area contributed by atoms with Gasteiger partial charge in [0.15, 0.2) is 0 Å². The maximum Gasteiger partial charge on any atom is 0.0221 e. The van der Waals surface area contributed by atoms with Crippen molar-refractivity contribution < 1.29 is 0 Å². The number of rotatable bonds is 2. The molecule has 3 saturated heterocycles. The first-order valence-electron chi connectivity index (χ1n) is 8.40. The summed E-state index contributed by atoms with van der Waals surface area (Å²) in [5.41, 5.74) is 0. The molecule has 19 heavy (non-hydrogen) atoms. The van der Waals surface area contributed by atoms with Crippen molar-refractivity contribution in [3.8, 4) is 0 Å². The average Bonchev–Trinajstić information content (AvgIpc) is 2.38. The lowest BCUT2D eigenvalue weighted by atomic mass is 9.81. The van der Waals surface area contributed by atoms with Crippen LogP contribution >= 0.6 is 0 Å². The topological polar surface area (TPSA) is 18.5 Å². The van der Waals surface area contributed by atoms with Crippen molar-refractivity contribution in [1.29, 1.82) is 0 Å². The van der Waals surface area contributed by atoms with E-state index in [0.717, 1.165) is 24.2 Å². The highest BCUT2D eigenvalue weighted by molar-refractivity contribution is 4.97. The van der Waals surface area contributed by atoms with Crippen molar-refractivity contribution in [2.75, 3.05) is 20.1 Å². The first kappa shape index (κ1) is 13.8. The first-order chi connectivity index (χ1) is 9.19. The van der Waals surface area contributed by atoms with Crippen LogP contribution in [0.15, 0.2) is 0 Å². The molecule has 0 aromatic rings. The normalized spacial score (nSPS) is 45.3. The molecule has 4 atom stereocenters. The molecule has 0 aromatic heterocycles. The molecule has 0 amide bonds. The van der Waals surface area contributed by atoms with E-state index in [-0.39, 0.29) is 0 Å². The van der Waals surface area contributed by atoms with Crippen LogP contribution in [0.1, 0.15) is 52.4 Å². The molecule has 3 heterocycles. The summed E-state index contributed by atoms with van der Waals surface area (Å²) in [5.74, 6) is 0. The van der Waals surface area contributed by atoms with Gasteiger partial charge in [0.05, 0.1) is 0 Å². The zero-order valence-corrected chi connectivity index (χ0v) is 12.9. The summed E-state index contributed by atoms with van der Waals surface area (Å²) in [7, 11) is 2.36. The van der Waals surface area contributed by atoms with E-state index in [2.05, 4.69) is 36.0 Å². The molecular weight excluding hydrogens is 234 g/mol. The number of piperazine rings is 1. The van der Waals surface area contributed by atoms with Gasteiger partial charge in [-0.25, -0.2) is 0 Å². The summed E-state index contributed by atoms with van der Waals surface area (Å²) in [6, 6.07) is 4.01. The zero-order valence-electron chi connectivity index (χ0n) is 12.9. The summed E-state index contributed by atoms with van der Waals surface area (Å²) in [5, 5.41) is 3.66. The molecule has 4 unspecified atom stereocenters. The Morgan fingerprint density at radius 1 is 1.11 bits per heavy atom. The molecule has 0 radical (unpaired) electrons. The van der Waals surface area contributed by atoms with Gasteiger partial charge in [-0.15, -0.1) is 0 Å². The monoisotopic (exact) mass is 265 g/mol. The van der Waals surface area contributed by atoms with Gasteiger partial charge in [-0.3, -0.25) is 4.90 Å². The van der Waals surface area contributed by atoms with Crippen LogP contribution in [0.3, 0.4) is 0 Å². The van der Waals surface area contributed by atoms with Gasteiger partial charge in [-0.2, -0.15) is 0 Å². The fourth-order valence-corrected chi connectivity index (χ4v) is 4.67. The van der Waals surface area contributed by atoms with E-state index in [9.17, 15) is 0 Å². The van der Waals surface area contributed by atoms with Gasteiger partial charge in [-0.05, 0) is 46.1 Å². The fraction of sp³-hybridized carbons (Fsp3) is 1.00. The molecule has 0 aliphatic carbocycles. The Kier molecular flexibility index (Phi) is 4.16. The highest BCUT2D eigenvalue weighted by Gasteiger charge is 2.40. The summed E-state index contributed by atoms with van der Waals surface area (Å²) < 4.78 is 0. The quantitative estimate of drug-likeness (QED) is 0.824. The van der Waals surface area contributed by atoms with E-state index >= 15 is 0 Å². The summed E-state index contributed by atoms with van der Waals surface area (Å²) in [6.45, 7) is 7.14. The van der Waals surface area contributed by atoms with E-state index in [0.29, 0.717) is 6.04 Å². The van der Waals surface area contributed by atoms with Crippen molar-refractivity contribution in [2.24, 2.45) is 0 Å². The largest absolute Gasteiger partial charge is 0.311 e. The van der Waals surface area contributed by atoms with Crippen LogP contribution in [-0.2, 0) is 0 Å². The molecule has 1 N–H and O–H groups in total. The molecule has 0 aromatic carbocycles. The number of nitrogens with one attached hydrogen (secondary N) is 1. The maximum atomic E-state index is 3.66. The summed E-state index contributed by atoms with van der Waals surface area (Å²) >= 11 is 0. The molecule has 0 saturated carbocycles. The van der Waals surface area contributed by atoms with E-state index in [1.165, 1.54) is 51.6 Å². The van der Waals surface area contributed by atoms with Crippen LogP contribution in [0, 0.1) is 0 Å². The smallest absolute Gasteiger partial charge is 0.0221 e. The molecule has 0 spiro atoms. The Bertz CT molecular complexity index is 292. The molecule has 3 fully saturated rings. The first-order valence-corrected chi connectivity index (χ1v) is 8.40. The third-order valence-corrected chi connectivity index (χ3v) is 5.91. The second kappa shape index (κ2) is 5.71. The van der Waals surface area contributed by atoms with Gasteiger partial charge in [0.25, 0.3) is 0 Å². The van der Waals surface area contributed by atoms with E-state index in [4.69, 9.17) is 0 Å². The standard InChI is InChI=1S/C16H31N3/c1-4-13-10-17-12(2)11-19(13)16-8-14-6-5-7-15(9-16)18(14)3/h12-17H,4-11H2,1-3H3. The lowest BCUT2D eigenvalue weighted by Gasteiger charge is -2.53. The average molecular weight is 265 g/mol.